The monoisotopic (exact) mass is 291 g/mol. The minimum absolute atomic E-state index is 0.0199. The van der Waals surface area contributed by atoms with Crippen LogP contribution < -0.4 is 4.74 Å². The highest BCUT2D eigenvalue weighted by atomic mass is 16.5. The summed E-state index contributed by atoms with van der Waals surface area (Å²) in [5.41, 5.74) is 1.24. The number of hydrogen-bond acceptors (Lipinski definition) is 4. The lowest BCUT2D eigenvalue weighted by Crippen LogP contribution is -2.33. The van der Waals surface area contributed by atoms with Gasteiger partial charge in [-0.3, -0.25) is 0 Å². The van der Waals surface area contributed by atoms with Gasteiger partial charge in [0.1, 0.15) is 11.1 Å². The van der Waals surface area contributed by atoms with Crippen LogP contribution in [0.3, 0.4) is 0 Å². The van der Waals surface area contributed by atoms with Gasteiger partial charge in [0.25, 0.3) is 0 Å². The first-order chi connectivity index (χ1) is 9.78. The van der Waals surface area contributed by atoms with Gasteiger partial charge >= 0.3 is 5.97 Å². The summed E-state index contributed by atoms with van der Waals surface area (Å²) in [5.74, 6) is -0.560. The van der Waals surface area contributed by atoms with E-state index in [1.807, 2.05) is 14.1 Å². The summed E-state index contributed by atoms with van der Waals surface area (Å²) in [5, 5.41) is 9.11. The number of H-pyrrole nitrogens is 1. The molecule has 114 valence electrons. The molecule has 0 aliphatic carbocycles. The van der Waals surface area contributed by atoms with Crippen molar-refractivity contribution in [3.63, 3.8) is 0 Å². The van der Waals surface area contributed by atoms with Crippen LogP contribution in [0.15, 0.2) is 18.3 Å². The Bertz CT molecular complexity index is 647. The van der Waals surface area contributed by atoms with Crippen LogP contribution >= 0.6 is 0 Å². The third-order valence-electron chi connectivity index (χ3n) is 3.08. The molecule has 0 unspecified atom stereocenters. The number of aromatic carboxylic acids is 1. The van der Waals surface area contributed by atoms with E-state index >= 15 is 0 Å². The van der Waals surface area contributed by atoms with E-state index in [-0.39, 0.29) is 11.0 Å². The predicted octanol–water partition coefficient (Wildman–Crippen LogP) is 2.23. The highest BCUT2D eigenvalue weighted by molar-refractivity contribution is 6.01. The van der Waals surface area contributed by atoms with Crippen LogP contribution in [0.2, 0.25) is 0 Å². The zero-order chi connectivity index (χ0) is 15.6. The summed E-state index contributed by atoms with van der Waals surface area (Å²) in [7, 11) is 4.04. The minimum Gasteiger partial charge on any atom is -0.478 e. The van der Waals surface area contributed by atoms with Gasteiger partial charge in [-0.15, -0.1) is 0 Å². The van der Waals surface area contributed by atoms with Crippen molar-refractivity contribution >= 4 is 17.0 Å². The van der Waals surface area contributed by atoms with E-state index in [4.69, 9.17) is 9.84 Å². The number of aromatic amines is 1. The molecule has 0 saturated heterocycles. The smallest absolute Gasteiger partial charge is 0.339 e. The molecule has 0 fully saturated rings. The van der Waals surface area contributed by atoms with Crippen molar-refractivity contribution in [2.45, 2.75) is 13.8 Å². The molecule has 2 heterocycles. The quantitative estimate of drug-likeness (QED) is 0.853. The van der Waals surface area contributed by atoms with Crippen LogP contribution in [0.1, 0.15) is 24.2 Å². The second-order valence-corrected chi connectivity index (χ2v) is 6.24. The van der Waals surface area contributed by atoms with Crippen LogP contribution in [0.4, 0.5) is 0 Å². The van der Waals surface area contributed by atoms with Crippen molar-refractivity contribution in [2.75, 3.05) is 27.2 Å². The Morgan fingerprint density at radius 1 is 1.43 bits per heavy atom. The van der Waals surface area contributed by atoms with Gasteiger partial charge in [-0.05, 0) is 20.2 Å². The molecule has 0 aromatic carbocycles. The van der Waals surface area contributed by atoms with Gasteiger partial charge in [0, 0.05) is 24.2 Å². The van der Waals surface area contributed by atoms with Gasteiger partial charge in [-0.25, -0.2) is 9.78 Å². The number of aromatic nitrogens is 2. The summed E-state index contributed by atoms with van der Waals surface area (Å²) < 4.78 is 5.74. The zero-order valence-corrected chi connectivity index (χ0v) is 12.8. The highest BCUT2D eigenvalue weighted by Crippen LogP contribution is 2.22. The summed E-state index contributed by atoms with van der Waals surface area (Å²) in [4.78, 5) is 20.4. The molecular weight excluding hydrogens is 270 g/mol. The Balaban J connectivity index is 2.16. The summed E-state index contributed by atoms with van der Waals surface area (Å²) in [6.07, 6.45) is 1.44. The molecule has 2 rings (SSSR count). The molecule has 6 heteroatoms. The average Bonchev–Trinajstić information content (AvgIpc) is 2.78. The highest BCUT2D eigenvalue weighted by Gasteiger charge is 2.20. The standard InChI is InChI=1S/C15H21N3O3/c1-15(2,8-18(3)4)9-21-12-6-5-11-13(17-12)10(7-16-11)14(19)20/h5-7,16H,8-9H2,1-4H3,(H,19,20). The molecule has 2 N–H and O–H groups in total. The topological polar surface area (TPSA) is 78.5 Å². The second kappa shape index (κ2) is 5.73. The number of hydrogen-bond donors (Lipinski definition) is 2. The maximum Gasteiger partial charge on any atom is 0.339 e. The Morgan fingerprint density at radius 3 is 2.76 bits per heavy atom. The van der Waals surface area contributed by atoms with Crippen molar-refractivity contribution in [1.82, 2.24) is 14.9 Å². The third-order valence-corrected chi connectivity index (χ3v) is 3.08. The molecule has 0 spiro atoms. The average molecular weight is 291 g/mol. The molecule has 0 aliphatic heterocycles. The number of carboxylic acid groups (broad SMARTS) is 1. The van der Waals surface area contributed by atoms with Gasteiger partial charge in [0.2, 0.25) is 5.88 Å². The Hall–Kier alpha value is -2.08. The lowest BCUT2D eigenvalue weighted by molar-refractivity contribution is 0.0699. The molecule has 0 aliphatic rings. The SMILES string of the molecule is CN(C)CC(C)(C)COc1ccc2[nH]cc(C(=O)O)c2n1. The Kier molecular flexibility index (Phi) is 4.18. The van der Waals surface area contributed by atoms with E-state index in [9.17, 15) is 4.79 Å². The molecule has 0 amide bonds. The molecule has 21 heavy (non-hydrogen) atoms. The van der Waals surface area contributed by atoms with Crippen molar-refractivity contribution in [3.8, 4) is 5.88 Å². The van der Waals surface area contributed by atoms with E-state index in [1.54, 1.807) is 12.1 Å². The van der Waals surface area contributed by atoms with Crippen LogP contribution in [-0.4, -0.2) is 53.2 Å². The van der Waals surface area contributed by atoms with Gasteiger partial charge in [-0.1, -0.05) is 13.8 Å². The normalized spacial score (nSPS) is 12.0. The summed E-state index contributed by atoms with van der Waals surface area (Å²) in [6.45, 7) is 5.63. The molecular formula is C15H21N3O3. The molecule has 0 radical (unpaired) electrons. The fourth-order valence-electron chi connectivity index (χ4n) is 2.40. The van der Waals surface area contributed by atoms with Crippen LogP contribution in [0.25, 0.3) is 11.0 Å². The van der Waals surface area contributed by atoms with Crippen molar-refractivity contribution in [2.24, 2.45) is 5.41 Å². The summed E-state index contributed by atoms with van der Waals surface area (Å²) in [6, 6.07) is 3.53. The Labute approximate surface area is 123 Å². The number of nitrogens with zero attached hydrogens (tertiary/aromatic N) is 2. The third kappa shape index (κ3) is 3.72. The molecule has 2 aromatic heterocycles. The first-order valence-electron chi connectivity index (χ1n) is 6.77. The van der Waals surface area contributed by atoms with Crippen molar-refractivity contribution < 1.29 is 14.6 Å². The molecule has 0 bridgehead atoms. The number of rotatable bonds is 6. The molecule has 6 nitrogen and oxygen atoms in total. The number of nitrogens with one attached hydrogen (secondary N) is 1. The molecule has 0 saturated carbocycles. The number of carboxylic acids is 1. The van der Waals surface area contributed by atoms with E-state index in [0.717, 1.165) is 6.54 Å². The van der Waals surface area contributed by atoms with Crippen LogP contribution in [-0.2, 0) is 0 Å². The van der Waals surface area contributed by atoms with Crippen molar-refractivity contribution in [1.29, 1.82) is 0 Å². The number of fused-ring (bicyclic) bond motifs is 1. The maximum absolute atomic E-state index is 11.1. The fraction of sp³-hybridized carbons (Fsp3) is 0.467. The predicted molar refractivity (Wildman–Crippen MR) is 80.9 cm³/mol. The van der Waals surface area contributed by atoms with Gasteiger partial charge in [0.05, 0.1) is 12.1 Å². The van der Waals surface area contributed by atoms with E-state index < -0.39 is 5.97 Å². The van der Waals surface area contributed by atoms with Crippen molar-refractivity contribution in [3.05, 3.63) is 23.9 Å². The van der Waals surface area contributed by atoms with E-state index in [0.29, 0.717) is 23.5 Å². The number of ether oxygens (including phenoxy) is 1. The van der Waals surface area contributed by atoms with Gasteiger partial charge < -0.3 is 19.7 Å². The van der Waals surface area contributed by atoms with Gasteiger partial charge in [-0.2, -0.15) is 0 Å². The second-order valence-electron chi connectivity index (χ2n) is 6.24. The Morgan fingerprint density at radius 2 is 2.14 bits per heavy atom. The van der Waals surface area contributed by atoms with Crippen LogP contribution in [0, 0.1) is 5.41 Å². The zero-order valence-electron chi connectivity index (χ0n) is 12.8. The maximum atomic E-state index is 11.1. The molecule has 0 atom stereocenters. The fourth-order valence-corrected chi connectivity index (χ4v) is 2.40. The lowest BCUT2D eigenvalue weighted by Gasteiger charge is -2.27. The number of pyridine rings is 1. The van der Waals surface area contributed by atoms with Gasteiger partial charge in [0.15, 0.2) is 0 Å². The largest absolute Gasteiger partial charge is 0.478 e. The van der Waals surface area contributed by atoms with E-state index in [1.165, 1.54) is 6.20 Å². The lowest BCUT2D eigenvalue weighted by atomic mass is 9.94. The first kappa shape index (κ1) is 15.3. The van der Waals surface area contributed by atoms with E-state index in [2.05, 4.69) is 28.7 Å². The first-order valence-corrected chi connectivity index (χ1v) is 6.77. The molecule has 2 aromatic rings. The minimum atomic E-state index is -1.00. The summed E-state index contributed by atoms with van der Waals surface area (Å²) >= 11 is 0. The van der Waals surface area contributed by atoms with Crippen LogP contribution in [0.5, 0.6) is 5.88 Å². The number of carbonyl (C=O) groups is 1.